The van der Waals surface area contributed by atoms with Crippen molar-refractivity contribution in [2.45, 2.75) is 13.1 Å². The third-order valence-electron chi connectivity index (χ3n) is 2.74. The summed E-state index contributed by atoms with van der Waals surface area (Å²) >= 11 is 6.00. The van der Waals surface area contributed by atoms with Crippen molar-refractivity contribution in [1.29, 1.82) is 0 Å². The van der Waals surface area contributed by atoms with Gasteiger partial charge in [0.2, 0.25) is 0 Å². The topological polar surface area (TPSA) is 34.2 Å². The minimum Gasteiger partial charge on any atom is -0.495 e. The number of fused-ring (bicyclic) bond motifs is 1. The maximum absolute atomic E-state index is 12.9. The van der Waals surface area contributed by atoms with Gasteiger partial charge in [-0.05, 0) is 19.1 Å². The molecule has 0 radical (unpaired) electrons. The van der Waals surface area contributed by atoms with Crippen molar-refractivity contribution in [1.82, 2.24) is 4.98 Å². The van der Waals surface area contributed by atoms with E-state index in [0.717, 1.165) is 6.07 Å². The Bertz CT molecular complexity index is 644. The van der Waals surface area contributed by atoms with Gasteiger partial charge in [-0.1, -0.05) is 11.6 Å². The van der Waals surface area contributed by atoms with Crippen LogP contribution >= 0.6 is 11.6 Å². The molecule has 20 heavy (non-hydrogen) atoms. The number of benzene rings is 1. The molecule has 2 rings (SSSR count). The second-order valence-electron chi connectivity index (χ2n) is 4.09. The molecular formula is C13H12ClF3N2O. The highest BCUT2D eigenvalue weighted by atomic mass is 35.5. The molecule has 1 aromatic carbocycles. The van der Waals surface area contributed by atoms with E-state index in [1.165, 1.54) is 13.2 Å². The predicted molar refractivity (Wildman–Crippen MR) is 72.5 cm³/mol. The Hall–Kier alpha value is -1.69. The van der Waals surface area contributed by atoms with Crippen LogP contribution in [-0.4, -0.2) is 18.6 Å². The molecule has 0 aliphatic heterocycles. The molecule has 1 heterocycles. The molecule has 0 spiro atoms. The van der Waals surface area contributed by atoms with E-state index in [1.807, 2.05) is 0 Å². The van der Waals surface area contributed by atoms with Crippen LogP contribution < -0.4 is 10.1 Å². The van der Waals surface area contributed by atoms with E-state index < -0.39 is 11.9 Å². The first kappa shape index (κ1) is 14.7. The number of halogens is 4. The van der Waals surface area contributed by atoms with Gasteiger partial charge >= 0.3 is 6.18 Å². The number of alkyl halides is 3. The van der Waals surface area contributed by atoms with Crippen molar-refractivity contribution in [2.75, 3.05) is 19.0 Å². The summed E-state index contributed by atoms with van der Waals surface area (Å²) < 4.78 is 43.6. The molecule has 0 amide bonds. The zero-order valence-corrected chi connectivity index (χ0v) is 11.6. The molecule has 0 aliphatic carbocycles. The summed E-state index contributed by atoms with van der Waals surface area (Å²) in [5, 5.41) is 3.73. The second kappa shape index (κ2) is 5.36. The maximum atomic E-state index is 12.9. The van der Waals surface area contributed by atoms with Crippen LogP contribution in [-0.2, 0) is 6.18 Å². The van der Waals surface area contributed by atoms with E-state index in [-0.39, 0.29) is 11.3 Å². The Morgan fingerprint density at radius 3 is 2.55 bits per heavy atom. The quantitative estimate of drug-likeness (QED) is 0.915. The van der Waals surface area contributed by atoms with Crippen molar-refractivity contribution >= 4 is 28.2 Å². The Morgan fingerprint density at radius 2 is 2.00 bits per heavy atom. The van der Waals surface area contributed by atoms with Crippen LogP contribution in [0.2, 0.25) is 5.02 Å². The molecule has 1 N–H and O–H groups in total. The molecule has 0 fully saturated rings. The van der Waals surface area contributed by atoms with Crippen molar-refractivity contribution < 1.29 is 17.9 Å². The van der Waals surface area contributed by atoms with E-state index in [4.69, 9.17) is 16.3 Å². The normalized spacial score (nSPS) is 11.7. The molecular weight excluding hydrogens is 293 g/mol. The first-order chi connectivity index (χ1) is 9.36. The molecule has 0 saturated heterocycles. The maximum Gasteiger partial charge on any atom is 0.433 e. The van der Waals surface area contributed by atoms with Crippen molar-refractivity contribution in [2.24, 2.45) is 0 Å². The van der Waals surface area contributed by atoms with Gasteiger partial charge in [0.25, 0.3) is 0 Å². The Kier molecular flexibility index (Phi) is 3.94. The average molecular weight is 305 g/mol. The Balaban J connectivity index is 2.75. The molecule has 0 unspecified atom stereocenters. The lowest BCUT2D eigenvalue weighted by Gasteiger charge is -2.14. The fourth-order valence-corrected chi connectivity index (χ4v) is 2.11. The van der Waals surface area contributed by atoms with Crippen LogP contribution in [0.15, 0.2) is 18.2 Å². The minimum absolute atomic E-state index is 0.178. The smallest absolute Gasteiger partial charge is 0.433 e. The Morgan fingerprint density at radius 1 is 1.30 bits per heavy atom. The monoisotopic (exact) mass is 304 g/mol. The van der Waals surface area contributed by atoms with Gasteiger partial charge in [0.15, 0.2) is 0 Å². The van der Waals surface area contributed by atoms with Gasteiger partial charge < -0.3 is 10.1 Å². The van der Waals surface area contributed by atoms with Crippen molar-refractivity contribution in [3.05, 3.63) is 28.9 Å². The molecule has 0 saturated carbocycles. The number of hydrogen-bond acceptors (Lipinski definition) is 3. The molecule has 0 atom stereocenters. The Labute approximate surface area is 118 Å². The van der Waals surface area contributed by atoms with Gasteiger partial charge in [-0.25, -0.2) is 4.98 Å². The van der Waals surface area contributed by atoms with Crippen LogP contribution in [0.3, 0.4) is 0 Å². The van der Waals surface area contributed by atoms with E-state index in [0.29, 0.717) is 22.6 Å². The van der Waals surface area contributed by atoms with Crippen LogP contribution in [0.1, 0.15) is 12.6 Å². The van der Waals surface area contributed by atoms with Crippen LogP contribution in [0.5, 0.6) is 5.75 Å². The standard InChI is InChI=1S/C13H12ClF3N2O/c1-3-18-9-6-12(13(15,16)17)19-10-5-11(20-2)8(14)4-7(9)10/h4-6H,3H2,1-2H3,(H,18,19). The highest BCUT2D eigenvalue weighted by molar-refractivity contribution is 6.33. The lowest BCUT2D eigenvalue weighted by Crippen LogP contribution is -2.10. The van der Waals surface area contributed by atoms with E-state index in [1.54, 1.807) is 13.0 Å². The average Bonchev–Trinajstić information content (AvgIpc) is 2.37. The summed E-state index contributed by atoms with van der Waals surface area (Å²) in [6.07, 6.45) is -4.51. The fraction of sp³-hybridized carbons (Fsp3) is 0.308. The molecule has 1 aromatic heterocycles. The van der Waals surface area contributed by atoms with Crippen LogP contribution in [0.25, 0.3) is 10.9 Å². The summed E-state index contributed by atoms with van der Waals surface area (Å²) in [4.78, 5) is 3.64. The van der Waals surface area contributed by atoms with Gasteiger partial charge in [-0.3, -0.25) is 0 Å². The highest BCUT2D eigenvalue weighted by Gasteiger charge is 2.33. The van der Waals surface area contributed by atoms with Crippen LogP contribution in [0.4, 0.5) is 18.9 Å². The lowest BCUT2D eigenvalue weighted by molar-refractivity contribution is -0.140. The van der Waals surface area contributed by atoms with E-state index in [9.17, 15) is 13.2 Å². The fourth-order valence-electron chi connectivity index (χ4n) is 1.87. The van der Waals surface area contributed by atoms with E-state index >= 15 is 0 Å². The summed E-state index contributed by atoms with van der Waals surface area (Å²) in [6.45, 7) is 2.28. The zero-order valence-electron chi connectivity index (χ0n) is 10.8. The van der Waals surface area contributed by atoms with Gasteiger partial charge in [-0.2, -0.15) is 13.2 Å². The molecule has 2 aromatic rings. The summed E-state index contributed by atoms with van der Waals surface area (Å²) in [6, 6.07) is 3.92. The van der Waals surface area contributed by atoms with Gasteiger partial charge in [0, 0.05) is 23.7 Å². The number of nitrogens with zero attached hydrogens (tertiary/aromatic N) is 1. The second-order valence-corrected chi connectivity index (χ2v) is 4.49. The number of rotatable bonds is 3. The largest absolute Gasteiger partial charge is 0.495 e. The van der Waals surface area contributed by atoms with E-state index in [2.05, 4.69) is 10.3 Å². The van der Waals surface area contributed by atoms with Crippen molar-refractivity contribution in [3.8, 4) is 5.75 Å². The third-order valence-corrected chi connectivity index (χ3v) is 3.04. The first-order valence-corrected chi connectivity index (χ1v) is 6.24. The number of methoxy groups -OCH3 is 1. The summed E-state index contributed by atoms with van der Waals surface area (Å²) in [5.41, 5.74) is -0.434. The molecule has 0 bridgehead atoms. The van der Waals surface area contributed by atoms with Gasteiger partial charge in [-0.15, -0.1) is 0 Å². The number of anilines is 1. The SMILES string of the molecule is CCNc1cc(C(F)(F)F)nc2cc(OC)c(Cl)cc12. The lowest BCUT2D eigenvalue weighted by atomic mass is 10.1. The number of pyridine rings is 1. The van der Waals surface area contributed by atoms with Gasteiger partial charge in [0.1, 0.15) is 11.4 Å². The molecule has 3 nitrogen and oxygen atoms in total. The number of aromatic nitrogens is 1. The van der Waals surface area contributed by atoms with Crippen molar-refractivity contribution in [3.63, 3.8) is 0 Å². The van der Waals surface area contributed by atoms with Gasteiger partial charge in [0.05, 0.1) is 17.6 Å². The number of ether oxygens (including phenoxy) is 1. The summed E-state index contributed by atoms with van der Waals surface area (Å²) in [7, 11) is 1.39. The third kappa shape index (κ3) is 2.75. The van der Waals surface area contributed by atoms with Crippen LogP contribution in [0, 0.1) is 0 Å². The zero-order chi connectivity index (χ0) is 14.9. The minimum atomic E-state index is -4.51. The molecule has 108 valence electrons. The molecule has 0 aliphatic rings. The summed E-state index contributed by atoms with van der Waals surface area (Å²) in [5.74, 6) is 0.286. The predicted octanol–water partition coefficient (Wildman–Crippen LogP) is 4.35. The number of nitrogens with one attached hydrogen (secondary N) is 1. The highest BCUT2D eigenvalue weighted by Crippen LogP contribution is 2.36. The molecule has 7 heteroatoms. The first-order valence-electron chi connectivity index (χ1n) is 5.86. The number of hydrogen-bond donors (Lipinski definition) is 1.